The minimum absolute atomic E-state index is 0.00396. The third-order valence-corrected chi connectivity index (χ3v) is 15.3. The first-order chi connectivity index (χ1) is 44.3. The van der Waals surface area contributed by atoms with Crippen LogP contribution in [0.15, 0.2) is 18.3 Å². The number of amides is 8. The van der Waals surface area contributed by atoms with Gasteiger partial charge in [-0.15, -0.1) is 11.8 Å². The highest BCUT2D eigenvalue weighted by Gasteiger charge is 2.48. The Labute approximate surface area is 541 Å². The number of carbonyl (C=O) groups is 10. The van der Waals surface area contributed by atoms with Crippen LogP contribution in [0.25, 0.3) is 0 Å². The number of nitrogens with zero attached hydrogens (tertiary/aromatic N) is 4. The Kier molecular flexibility index (Phi) is 38.4. The lowest BCUT2D eigenvalue weighted by molar-refractivity contribution is -0.142. The van der Waals surface area contributed by atoms with Gasteiger partial charge in [0, 0.05) is 94.7 Å². The van der Waals surface area contributed by atoms with E-state index in [1.807, 2.05) is 13.8 Å². The van der Waals surface area contributed by atoms with Crippen LogP contribution in [0.5, 0.6) is 0 Å². The van der Waals surface area contributed by atoms with Crippen LogP contribution in [0.4, 0.5) is 8.78 Å². The molecule has 35 heteroatoms. The van der Waals surface area contributed by atoms with Gasteiger partial charge in [0.1, 0.15) is 48.3 Å². The van der Waals surface area contributed by atoms with Crippen molar-refractivity contribution in [2.45, 2.75) is 151 Å². The molecule has 0 aliphatic carbocycles. The number of carboxylic acids is 1. The summed E-state index contributed by atoms with van der Waals surface area (Å²) in [6, 6.07) is -1.02. The number of pyridine rings is 1. The Bertz CT molecular complexity index is 2600. The molecule has 524 valence electrons. The number of thioether (sulfide) groups is 1. The van der Waals surface area contributed by atoms with Gasteiger partial charge in [0.25, 0.3) is 11.8 Å². The molecule has 93 heavy (non-hydrogen) atoms. The number of ketones is 1. The van der Waals surface area contributed by atoms with Gasteiger partial charge in [-0.1, -0.05) is 13.8 Å². The SMILES string of the molecule is CC(C)NCCN1C(=O)CC(SC[C@@H](NC(=O)[C@@H](CCC(=O)NC[C@H](O)[C@@H](O)[C@H](O)[C@H](O)CO)NC(=O)CCOCCOCCOCCOCCOCCOCCCC(=O)CCC(=O)NCc2cc(C(=O)N[C@H](C)C(=O)N3CC(F)(F)C[C@H]3C#N)ccn2)C(=O)O)C1=O. The zero-order chi connectivity index (χ0) is 68.9. The Morgan fingerprint density at radius 2 is 1.34 bits per heavy atom. The van der Waals surface area contributed by atoms with Crippen LogP contribution in [0, 0.1) is 11.3 Å². The summed E-state index contributed by atoms with van der Waals surface area (Å²) < 4.78 is 60.5. The molecule has 9 atom stereocenters. The van der Waals surface area contributed by atoms with E-state index < -0.39 is 146 Å². The van der Waals surface area contributed by atoms with E-state index in [0.29, 0.717) is 45.1 Å². The summed E-state index contributed by atoms with van der Waals surface area (Å²) in [7, 11) is 0. The zero-order valence-electron chi connectivity index (χ0n) is 52.5. The lowest BCUT2D eigenvalue weighted by Crippen LogP contribution is -2.53. The number of hydrogen-bond donors (Lipinski definition) is 12. The highest BCUT2D eigenvalue weighted by atomic mass is 32.2. The lowest BCUT2D eigenvalue weighted by atomic mass is 10.0. The molecule has 2 fully saturated rings. The van der Waals surface area contributed by atoms with Gasteiger partial charge in [0.15, 0.2) is 0 Å². The Hall–Kier alpha value is -6.53. The van der Waals surface area contributed by atoms with Gasteiger partial charge in [-0.05, 0) is 31.9 Å². The van der Waals surface area contributed by atoms with E-state index in [1.165, 1.54) is 25.3 Å². The maximum absolute atomic E-state index is 13.8. The molecule has 1 aromatic heterocycles. The topological polar surface area (TPSA) is 463 Å². The maximum Gasteiger partial charge on any atom is 0.327 e. The monoisotopic (exact) mass is 1350 g/mol. The van der Waals surface area contributed by atoms with Crippen LogP contribution < -0.4 is 31.9 Å². The second-order valence-corrected chi connectivity index (χ2v) is 23.2. The van der Waals surface area contributed by atoms with Crippen molar-refractivity contribution in [2.75, 3.05) is 118 Å². The molecular weight excluding hydrogens is 1260 g/mol. The van der Waals surface area contributed by atoms with E-state index in [4.69, 9.17) is 33.5 Å². The van der Waals surface area contributed by atoms with Crippen molar-refractivity contribution in [3.63, 3.8) is 0 Å². The second kappa shape index (κ2) is 44.2. The minimum Gasteiger partial charge on any atom is -0.480 e. The van der Waals surface area contributed by atoms with Crippen molar-refractivity contribution in [3.05, 3.63) is 29.6 Å². The fourth-order valence-electron chi connectivity index (χ4n) is 8.81. The van der Waals surface area contributed by atoms with Crippen LogP contribution >= 0.6 is 11.8 Å². The van der Waals surface area contributed by atoms with Crippen molar-refractivity contribution in [2.24, 2.45) is 0 Å². The molecule has 0 spiro atoms. The normalized spacial score (nSPS) is 17.6. The molecule has 1 aromatic rings. The van der Waals surface area contributed by atoms with E-state index in [1.54, 1.807) is 6.07 Å². The number of aliphatic hydroxyl groups excluding tert-OH is 5. The van der Waals surface area contributed by atoms with Crippen LogP contribution in [0.1, 0.15) is 94.6 Å². The molecule has 0 saturated carbocycles. The quantitative estimate of drug-likeness (QED) is 0.0222. The highest BCUT2D eigenvalue weighted by Crippen LogP contribution is 2.32. The molecule has 12 N–H and O–H groups in total. The number of aliphatic carboxylic acids is 1. The van der Waals surface area contributed by atoms with Crippen molar-refractivity contribution >= 4 is 70.8 Å². The molecule has 0 aromatic carbocycles. The van der Waals surface area contributed by atoms with E-state index in [2.05, 4.69) is 36.9 Å². The summed E-state index contributed by atoms with van der Waals surface area (Å²) in [4.78, 5) is 133. The third kappa shape index (κ3) is 32.0. The van der Waals surface area contributed by atoms with Crippen molar-refractivity contribution in [1.82, 2.24) is 46.7 Å². The van der Waals surface area contributed by atoms with Crippen LogP contribution in [0.3, 0.4) is 0 Å². The summed E-state index contributed by atoms with van der Waals surface area (Å²) in [5, 5.41) is 82.2. The van der Waals surface area contributed by atoms with Crippen LogP contribution in [-0.4, -0.2) is 288 Å². The van der Waals surface area contributed by atoms with Gasteiger partial charge in [0.05, 0.1) is 115 Å². The third-order valence-electron chi connectivity index (χ3n) is 14.0. The number of imide groups is 1. The Morgan fingerprint density at radius 1 is 0.753 bits per heavy atom. The maximum atomic E-state index is 13.8. The van der Waals surface area contributed by atoms with E-state index >= 15 is 0 Å². The number of aromatic nitrogens is 1. The number of aliphatic hydroxyl groups is 5. The van der Waals surface area contributed by atoms with Crippen molar-refractivity contribution in [3.8, 4) is 6.07 Å². The molecule has 0 radical (unpaired) electrons. The van der Waals surface area contributed by atoms with Crippen molar-refractivity contribution < 1.29 is 116 Å². The summed E-state index contributed by atoms with van der Waals surface area (Å²) >= 11 is 0.868. The number of hydrogen-bond acceptors (Lipinski definition) is 25. The average molecular weight is 1350 g/mol. The molecule has 2 saturated heterocycles. The molecule has 3 heterocycles. The van der Waals surface area contributed by atoms with Gasteiger partial charge in [-0.2, -0.15) is 5.26 Å². The summed E-state index contributed by atoms with van der Waals surface area (Å²) in [5.74, 6) is -10.5. The molecule has 32 nitrogen and oxygen atoms in total. The van der Waals surface area contributed by atoms with Gasteiger partial charge < -0.3 is 95.9 Å². The van der Waals surface area contributed by atoms with E-state index in [9.17, 15) is 87.5 Å². The predicted molar refractivity (Wildman–Crippen MR) is 322 cm³/mol. The molecule has 8 amide bonds. The fraction of sp³-hybridized carbons (Fsp3) is 0.724. The van der Waals surface area contributed by atoms with Crippen LogP contribution in [-0.2, 0) is 78.1 Å². The number of rotatable bonds is 50. The fourth-order valence-corrected chi connectivity index (χ4v) is 9.99. The number of alkyl halides is 2. The van der Waals surface area contributed by atoms with Crippen molar-refractivity contribution in [1.29, 1.82) is 5.26 Å². The van der Waals surface area contributed by atoms with Gasteiger partial charge in [-0.3, -0.25) is 53.0 Å². The summed E-state index contributed by atoms with van der Waals surface area (Å²) in [6.45, 7) is 5.70. The van der Waals surface area contributed by atoms with Gasteiger partial charge in [0.2, 0.25) is 41.4 Å². The largest absolute Gasteiger partial charge is 0.480 e. The first-order valence-corrected chi connectivity index (χ1v) is 31.5. The molecule has 2 aliphatic heterocycles. The standard InChI is InChI=1S/C58H90F2N10O22S/c1-36(2)62-13-14-69-50(78)28-46(56(69)84)93-34-43(57(85)86)68-54(82)42(7-9-48(76)65-32-44(73)51(79)52(80)45(74)33-71)67-49(77)11-16-88-18-20-90-22-24-92-26-25-91-23-21-89-19-17-87-15-4-5-41(72)6-8-47(75)64-31-39-27-38(10-12-63-39)53(81)66-37(3)55(83)70-35-58(59,60)29-40(70)30-61/h10,12,27,36-37,40,42-46,51-52,62,71,73-74,79-80H,4-9,11,13-26,28-29,31-35H2,1-3H3,(H,64,75)(H,65,76)(H,66,81)(H,67,77)(H,68,82)(H,85,86)/t37-,40+,42-,43-,44+,45-,46?,51-,52-/m1/s1. The van der Waals surface area contributed by atoms with E-state index in [0.717, 1.165) is 21.6 Å². The Balaban J connectivity index is 1.22. The van der Waals surface area contributed by atoms with Gasteiger partial charge in [-0.25, -0.2) is 13.6 Å². The molecule has 0 bridgehead atoms. The number of carboxylic acid groups (broad SMARTS) is 1. The first kappa shape index (κ1) is 80.7. The molecule has 3 rings (SSSR count). The smallest absolute Gasteiger partial charge is 0.327 e. The summed E-state index contributed by atoms with van der Waals surface area (Å²) in [5.41, 5.74) is 0.413. The number of likely N-dealkylation sites (tertiary alicyclic amines) is 2. The minimum atomic E-state index is -3.20. The number of nitrogens with one attached hydrogen (secondary N) is 6. The number of ether oxygens (including phenoxy) is 6. The van der Waals surface area contributed by atoms with Gasteiger partial charge >= 0.3 is 5.97 Å². The predicted octanol–water partition coefficient (Wildman–Crippen LogP) is -3.56. The lowest BCUT2D eigenvalue weighted by Gasteiger charge is -2.26. The second-order valence-electron chi connectivity index (χ2n) is 21.9. The molecular formula is C58H90F2N10O22S. The molecule has 1 unspecified atom stereocenters. The van der Waals surface area contributed by atoms with Crippen LogP contribution in [0.2, 0.25) is 0 Å². The molecule has 2 aliphatic rings. The number of carbonyl (C=O) groups excluding carboxylic acids is 9. The Morgan fingerprint density at radius 3 is 1.94 bits per heavy atom. The zero-order valence-corrected chi connectivity index (χ0v) is 53.3. The average Bonchev–Trinajstić information content (AvgIpc) is 1.70. The first-order valence-electron chi connectivity index (χ1n) is 30.5. The highest BCUT2D eigenvalue weighted by molar-refractivity contribution is 8.00. The number of Topliss-reactive ketones (excluding diaryl/α,β-unsaturated/α-hetero) is 1. The van der Waals surface area contributed by atoms with E-state index in [-0.39, 0.29) is 128 Å². The number of nitriles is 1. The number of halogens is 2. The summed E-state index contributed by atoms with van der Waals surface area (Å²) in [6.07, 6.45) is -7.67.